The van der Waals surface area contributed by atoms with Crippen LogP contribution in [-0.2, 0) is 4.79 Å². The van der Waals surface area contributed by atoms with Crippen LogP contribution in [0.3, 0.4) is 0 Å². The number of hydrogen-bond donors (Lipinski definition) is 3. The van der Waals surface area contributed by atoms with E-state index in [0.29, 0.717) is 11.4 Å². The third kappa shape index (κ3) is 4.44. The predicted octanol–water partition coefficient (Wildman–Crippen LogP) is 3.61. The van der Waals surface area contributed by atoms with Gasteiger partial charge in [-0.3, -0.25) is 4.79 Å². The molecule has 0 aromatic heterocycles. The maximum absolute atomic E-state index is 12.1. The van der Waals surface area contributed by atoms with Gasteiger partial charge < -0.3 is 15.7 Å². The van der Waals surface area contributed by atoms with Gasteiger partial charge in [-0.05, 0) is 46.3 Å². The zero-order valence-electron chi connectivity index (χ0n) is 12.3. The van der Waals surface area contributed by atoms with Crippen LogP contribution >= 0.6 is 15.9 Å². The topological polar surface area (TPSA) is 102 Å². The molecule has 0 bridgehead atoms. The summed E-state index contributed by atoms with van der Waals surface area (Å²) in [6, 6.07) is 14.8. The van der Waals surface area contributed by atoms with Gasteiger partial charge in [-0.25, -0.2) is 4.79 Å². The fourth-order valence-corrected chi connectivity index (χ4v) is 2.20. The van der Waals surface area contributed by atoms with Crippen LogP contribution in [0.15, 0.2) is 64.8 Å². The minimum atomic E-state index is -1.10. The minimum Gasteiger partial charge on any atom is -0.478 e. The van der Waals surface area contributed by atoms with Crippen molar-refractivity contribution in [2.75, 3.05) is 10.6 Å². The Kier molecular flexibility index (Phi) is 5.71. The standard InChI is InChI=1S/C17H12BrN3O3/c18-14-6-1-2-7-15(14)20-10-12(9-19)16(22)21-13-5-3-4-11(8-13)17(23)24/h1-8,10,20H,(H,21,22)(H,23,24)/b12-10-. The number of benzene rings is 2. The lowest BCUT2D eigenvalue weighted by molar-refractivity contribution is -0.112. The SMILES string of the molecule is N#C/C(=C/Nc1ccccc1Br)C(=O)Nc1cccc(C(=O)O)c1. The highest BCUT2D eigenvalue weighted by molar-refractivity contribution is 9.10. The lowest BCUT2D eigenvalue weighted by Gasteiger charge is -2.07. The van der Waals surface area contributed by atoms with Crippen molar-refractivity contribution in [3.63, 3.8) is 0 Å². The molecule has 2 aromatic carbocycles. The van der Waals surface area contributed by atoms with Crippen LogP contribution in [0.25, 0.3) is 0 Å². The van der Waals surface area contributed by atoms with Gasteiger partial charge in [0.15, 0.2) is 0 Å². The molecule has 0 spiro atoms. The molecule has 0 saturated carbocycles. The highest BCUT2D eigenvalue weighted by atomic mass is 79.9. The second kappa shape index (κ2) is 7.94. The quantitative estimate of drug-likeness (QED) is 0.538. The Morgan fingerprint density at radius 1 is 1.17 bits per heavy atom. The van der Waals surface area contributed by atoms with E-state index in [-0.39, 0.29) is 11.1 Å². The third-order valence-electron chi connectivity index (χ3n) is 2.98. The number of amides is 1. The Morgan fingerprint density at radius 3 is 2.58 bits per heavy atom. The second-order valence-electron chi connectivity index (χ2n) is 4.63. The molecular weight excluding hydrogens is 374 g/mol. The zero-order valence-corrected chi connectivity index (χ0v) is 13.9. The lowest BCUT2D eigenvalue weighted by atomic mass is 10.2. The van der Waals surface area contributed by atoms with Gasteiger partial charge in [-0.2, -0.15) is 5.26 Å². The summed E-state index contributed by atoms with van der Waals surface area (Å²) in [6.07, 6.45) is 1.29. The second-order valence-corrected chi connectivity index (χ2v) is 5.49. The van der Waals surface area contributed by atoms with Crippen molar-refractivity contribution in [1.29, 1.82) is 5.26 Å². The van der Waals surface area contributed by atoms with E-state index in [1.54, 1.807) is 18.2 Å². The molecule has 0 aliphatic carbocycles. The number of nitriles is 1. The van der Waals surface area contributed by atoms with E-state index in [1.165, 1.54) is 24.4 Å². The summed E-state index contributed by atoms with van der Waals surface area (Å²) >= 11 is 3.35. The van der Waals surface area contributed by atoms with Crippen LogP contribution in [0, 0.1) is 11.3 Å². The molecule has 6 nitrogen and oxygen atoms in total. The van der Waals surface area contributed by atoms with Crippen molar-refractivity contribution < 1.29 is 14.7 Å². The van der Waals surface area contributed by atoms with Crippen molar-refractivity contribution in [3.05, 3.63) is 70.3 Å². The number of nitrogens with zero attached hydrogens (tertiary/aromatic N) is 1. The fraction of sp³-hybridized carbons (Fsp3) is 0. The normalized spacial score (nSPS) is 10.6. The Hall–Kier alpha value is -3.11. The highest BCUT2D eigenvalue weighted by Crippen LogP contribution is 2.21. The Labute approximate surface area is 146 Å². The Bertz CT molecular complexity index is 856. The average molecular weight is 386 g/mol. The molecule has 0 heterocycles. The number of halogens is 1. The number of carbonyl (C=O) groups is 2. The molecule has 24 heavy (non-hydrogen) atoms. The monoisotopic (exact) mass is 385 g/mol. The van der Waals surface area contributed by atoms with Crippen molar-refractivity contribution in [2.45, 2.75) is 0 Å². The molecule has 3 N–H and O–H groups in total. The van der Waals surface area contributed by atoms with Gasteiger partial charge in [0, 0.05) is 16.4 Å². The van der Waals surface area contributed by atoms with Crippen molar-refractivity contribution in [2.24, 2.45) is 0 Å². The van der Waals surface area contributed by atoms with E-state index in [2.05, 4.69) is 26.6 Å². The first-order valence-corrected chi connectivity index (χ1v) is 7.56. The van der Waals surface area contributed by atoms with Crippen LogP contribution in [0.4, 0.5) is 11.4 Å². The zero-order chi connectivity index (χ0) is 17.5. The van der Waals surface area contributed by atoms with Crippen LogP contribution in [-0.4, -0.2) is 17.0 Å². The van der Waals surface area contributed by atoms with E-state index in [1.807, 2.05) is 18.2 Å². The van der Waals surface area contributed by atoms with Gasteiger partial charge in [0.1, 0.15) is 11.6 Å². The van der Waals surface area contributed by atoms with Crippen molar-refractivity contribution in [1.82, 2.24) is 0 Å². The first-order valence-electron chi connectivity index (χ1n) is 6.77. The maximum Gasteiger partial charge on any atom is 0.335 e. The van der Waals surface area contributed by atoms with Gasteiger partial charge >= 0.3 is 5.97 Å². The van der Waals surface area contributed by atoms with Gasteiger partial charge in [0.05, 0.1) is 11.3 Å². The first-order chi connectivity index (χ1) is 11.5. The molecule has 0 fully saturated rings. The van der Waals surface area contributed by atoms with Crippen molar-refractivity contribution >= 4 is 39.2 Å². The molecule has 0 radical (unpaired) electrons. The first kappa shape index (κ1) is 17.2. The van der Waals surface area contributed by atoms with Crippen LogP contribution < -0.4 is 10.6 Å². The van der Waals surface area contributed by atoms with Gasteiger partial charge in [0.2, 0.25) is 0 Å². The predicted molar refractivity (Wildman–Crippen MR) is 93.5 cm³/mol. The number of hydrogen-bond acceptors (Lipinski definition) is 4. The van der Waals surface area contributed by atoms with E-state index in [4.69, 9.17) is 10.4 Å². The number of carboxylic acids is 1. The Balaban J connectivity index is 2.13. The highest BCUT2D eigenvalue weighted by Gasteiger charge is 2.11. The summed E-state index contributed by atoms with van der Waals surface area (Å²) in [5.41, 5.74) is 0.890. The number of carbonyl (C=O) groups excluding carboxylic acids is 1. The Morgan fingerprint density at radius 2 is 1.92 bits per heavy atom. The van der Waals surface area contributed by atoms with Crippen molar-refractivity contribution in [3.8, 4) is 6.07 Å². The van der Waals surface area contributed by atoms with Crippen LogP contribution in [0.1, 0.15) is 10.4 Å². The summed E-state index contributed by atoms with van der Waals surface area (Å²) in [7, 11) is 0. The largest absolute Gasteiger partial charge is 0.478 e. The molecule has 0 atom stereocenters. The van der Waals surface area contributed by atoms with E-state index in [0.717, 1.165) is 4.47 Å². The van der Waals surface area contributed by atoms with E-state index < -0.39 is 11.9 Å². The molecule has 2 aromatic rings. The molecule has 1 amide bonds. The van der Waals surface area contributed by atoms with Crippen LogP contribution in [0.5, 0.6) is 0 Å². The molecule has 7 heteroatoms. The van der Waals surface area contributed by atoms with Gasteiger partial charge in [-0.15, -0.1) is 0 Å². The summed E-state index contributed by atoms with van der Waals surface area (Å²) in [5.74, 6) is -1.74. The molecule has 0 saturated heterocycles. The maximum atomic E-state index is 12.1. The van der Waals surface area contributed by atoms with Gasteiger partial charge in [-0.1, -0.05) is 18.2 Å². The summed E-state index contributed by atoms with van der Waals surface area (Å²) in [4.78, 5) is 23.1. The number of nitrogens with one attached hydrogen (secondary N) is 2. The molecule has 0 unspecified atom stereocenters. The van der Waals surface area contributed by atoms with E-state index >= 15 is 0 Å². The smallest absolute Gasteiger partial charge is 0.335 e. The molecule has 2 rings (SSSR count). The fourth-order valence-electron chi connectivity index (χ4n) is 1.81. The number of rotatable bonds is 5. The lowest BCUT2D eigenvalue weighted by Crippen LogP contribution is -2.15. The van der Waals surface area contributed by atoms with E-state index in [9.17, 15) is 9.59 Å². The third-order valence-corrected chi connectivity index (χ3v) is 3.67. The summed E-state index contributed by atoms with van der Waals surface area (Å²) in [6.45, 7) is 0. The summed E-state index contributed by atoms with van der Waals surface area (Å²) in [5, 5.41) is 23.5. The minimum absolute atomic E-state index is 0.0432. The van der Waals surface area contributed by atoms with Crippen LogP contribution in [0.2, 0.25) is 0 Å². The molecular formula is C17H12BrN3O3. The number of carboxylic acid groups (broad SMARTS) is 1. The molecule has 0 aliphatic rings. The number of anilines is 2. The van der Waals surface area contributed by atoms with Gasteiger partial charge in [0.25, 0.3) is 5.91 Å². The summed E-state index contributed by atoms with van der Waals surface area (Å²) < 4.78 is 0.785. The number of para-hydroxylation sites is 1. The number of aromatic carboxylic acids is 1. The average Bonchev–Trinajstić information content (AvgIpc) is 2.57. The molecule has 120 valence electrons. The molecule has 0 aliphatic heterocycles.